The van der Waals surface area contributed by atoms with Gasteiger partial charge in [-0.15, -0.1) is 0 Å². The molecular formula is C20H23N3O3. The highest BCUT2D eigenvalue weighted by atomic mass is 16.5. The highest BCUT2D eigenvalue weighted by Gasteiger charge is 2.12. The van der Waals surface area contributed by atoms with Crippen molar-refractivity contribution in [2.24, 2.45) is 0 Å². The number of unbranched alkanes of at least 4 members (excludes halogenated alkanes) is 1. The number of carbonyl (C=O) groups is 1. The molecule has 0 saturated carbocycles. The highest BCUT2D eigenvalue weighted by molar-refractivity contribution is 5.87. The summed E-state index contributed by atoms with van der Waals surface area (Å²) in [5.41, 5.74) is 1.51. The van der Waals surface area contributed by atoms with Crippen LogP contribution >= 0.6 is 0 Å². The molecular weight excluding hydrogens is 330 g/mol. The second-order valence-corrected chi connectivity index (χ2v) is 5.49. The zero-order chi connectivity index (χ0) is 18.6. The Morgan fingerprint density at radius 2 is 1.96 bits per heavy atom. The van der Waals surface area contributed by atoms with Crippen molar-refractivity contribution in [1.82, 2.24) is 9.97 Å². The molecule has 0 aliphatic heterocycles. The molecule has 2 aromatic rings. The van der Waals surface area contributed by atoms with E-state index in [4.69, 9.17) is 9.47 Å². The average Bonchev–Trinajstić information content (AvgIpc) is 2.67. The van der Waals surface area contributed by atoms with Gasteiger partial charge in [0.1, 0.15) is 5.69 Å². The van der Waals surface area contributed by atoms with Gasteiger partial charge in [-0.25, -0.2) is 14.8 Å². The van der Waals surface area contributed by atoms with Crippen molar-refractivity contribution in [2.75, 3.05) is 32.2 Å². The number of anilines is 1. The van der Waals surface area contributed by atoms with Crippen molar-refractivity contribution in [1.29, 1.82) is 0 Å². The summed E-state index contributed by atoms with van der Waals surface area (Å²) in [4.78, 5) is 20.8. The SMILES string of the molecule is CCCCOC(=O)c1cc(C#Cc2ccccc2)nc(NCCOC)n1. The van der Waals surface area contributed by atoms with Crippen LogP contribution in [0, 0.1) is 11.8 Å². The maximum absolute atomic E-state index is 12.2. The number of nitrogens with one attached hydrogen (secondary N) is 1. The van der Waals surface area contributed by atoms with E-state index in [0.29, 0.717) is 31.4 Å². The van der Waals surface area contributed by atoms with Gasteiger partial charge in [0, 0.05) is 25.3 Å². The first-order valence-electron chi connectivity index (χ1n) is 8.59. The minimum absolute atomic E-state index is 0.188. The molecule has 1 N–H and O–H groups in total. The van der Waals surface area contributed by atoms with E-state index >= 15 is 0 Å². The summed E-state index contributed by atoms with van der Waals surface area (Å²) < 4.78 is 10.2. The summed E-state index contributed by atoms with van der Waals surface area (Å²) in [7, 11) is 1.61. The summed E-state index contributed by atoms with van der Waals surface area (Å²) in [6, 6.07) is 11.1. The van der Waals surface area contributed by atoms with Gasteiger partial charge in [-0.2, -0.15) is 0 Å². The number of hydrogen-bond donors (Lipinski definition) is 1. The fourth-order valence-corrected chi connectivity index (χ4v) is 2.00. The molecule has 0 unspecified atom stereocenters. The highest BCUT2D eigenvalue weighted by Crippen LogP contribution is 2.08. The number of rotatable bonds is 8. The van der Waals surface area contributed by atoms with E-state index in [1.54, 1.807) is 13.2 Å². The molecule has 1 aromatic carbocycles. The lowest BCUT2D eigenvalue weighted by Crippen LogP contribution is -2.15. The maximum atomic E-state index is 12.2. The average molecular weight is 353 g/mol. The van der Waals surface area contributed by atoms with E-state index in [0.717, 1.165) is 18.4 Å². The quantitative estimate of drug-likeness (QED) is 0.447. The Morgan fingerprint density at radius 3 is 2.69 bits per heavy atom. The molecule has 0 spiro atoms. The van der Waals surface area contributed by atoms with Crippen molar-refractivity contribution in [3.63, 3.8) is 0 Å². The summed E-state index contributed by atoms with van der Waals surface area (Å²) in [6.45, 7) is 3.43. The molecule has 2 rings (SSSR count). The molecule has 6 heteroatoms. The smallest absolute Gasteiger partial charge is 0.357 e. The topological polar surface area (TPSA) is 73.3 Å². The monoisotopic (exact) mass is 353 g/mol. The second kappa shape index (κ2) is 10.9. The van der Waals surface area contributed by atoms with Gasteiger partial charge in [-0.1, -0.05) is 37.5 Å². The van der Waals surface area contributed by atoms with Gasteiger partial charge in [0.25, 0.3) is 0 Å². The van der Waals surface area contributed by atoms with Crippen LogP contribution < -0.4 is 5.32 Å². The molecule has 0 aliphatic rings. The van der Waals surface area contributed by atoms with Crippen LogP contribution in [0.3, 0.4) is 0 Å². The van der Waals surface area contributed by atoms with Crippen LogP contribution in [0.15, 0.2) is 36.4 Å². The fraction of sp³-hybridized carbons (Fsp3) is 0.350. The summed E-state index contributed by atoms with van der Waals surface area (Å²) in [5, 5.41) is 3.02. The third kappa shape index (κ3) is 6.54. The van der Waals surface area contributed by atoms with Gasteiger partial charge in [0.05, 0.1) is 13.2 Å². The molecule has 6 nitrogen and oxygen atoms in total. The molecule has 0 fully saturated rings. The number of esters is 1. The minimum atomic E-state index is -0.474. The predicted octanol–water partition coefficient (Wildman–Crippen LogP) is 2.89. The number of ether oxygens (including phenoxy) is 2. The Bertz CT molecular complexity index is 767. The van der Waals surface area contributed by atoms with Crippen molar-refractivity contribution in [2.45, 2.75) is 19.8 Å². The molecule has 0 aliphatic carbocycles. The minimum Gasteiger partial charge on any atom is -0.461 e. The Labute approximate surface area is 154 Å². The van der Waals surface area contributed by atoms with Gasteiger partial charge < -0.3 is 14.8 Å². The molecule has 0 atom stereocenters. The van der Waals surface area contributed by atoms with Gasteiger partial charge >= 0.3 is 5.97 Å². The van der Waals surface area contributed by atoms with Crippen LogP contribution in [0.4, 0.5) is 5.95 Å². The van der Waals surface area contributed by atoms with Crippen LogP contribution in [0.2, 0.25) is 0 Å². The maximum Gasteiger partial charge on any atom is 0.357 e. The van der Waals surface area contributed by atoms with E-state index < -0.39 is 5.97 Å². The lowest BCUT2D eigenvalue weighted by atomic mass is 10.2. The largest absolute Gasteiger partial charge is 0.461 e. The number of benzene rings is 1. The predicted molar refractivity (Wildman–Crippen MR) is 100 cm³/mol. The van der Waals surface area contributed by atoms with Crippen LogP contribution in [0.25, 0.3) is 0 Å². The summed E-state index contributed by atoms with van der Waals surface area (Å²) >= 11 is 0. The summed E-state index contributed by atoms with van der Waals surface area (Å²) in [5.74, 6) is 5.85. The van der Waals surface area contributed by atoms with Gasteiger partial charge in [-0.3, -0.25) is 0 Å². The molecule has 0 amide bonds. The summed E-state index contributed by atoms with van der Waals surface area (Å²) in [6.07, 6.45) is 1.77. The van der Waals surface area contributed by atoms with Gasteiger partial charge in [0.15, 0.2) is 5.69 Å². The van der Waals surface area contributed by atoms with E-state index in [9.17, 15) is 4.79 Å². The van der Waals surface area contributed by atoms with Crippen LogP contribution in [-0.2, 0) is 9.47 Å². The van der Waals surface area contributed by atoms with E-state index in [1.165, 1.54) is 0 Å². The lowest BCUT2D eigenvalue weighted by molar-refractivity contribution is 0.0492. The van der Waals surface area contributed by atoms with Gasteiger partial charge in [0.2, 0.25) is 5.95 Å². The van der Waals surface area contributed by atoms with Crippen molar-refractivity contribution in [3.8, 4) is 11.8 Å². The molecule has 136 valence electrons. The molecule has 26 heavy (non-hydrogen) atoms. The van der Waals surface area contributed by atoms with E-state index in [1.807, 2.05) is 37.3 Å². The Balaban J connectivity index is 2.22. The zero-order valence-corrected chi connectivity index (χ0v) is 15.1. The second-order valence-electron chi connectivity index (χ2n) is 5.49. The molecule has 0 radical (unpaired) electrons. The number of carbonyl (C=O) groups excluding carboxylic acids is 1. The van der Waals surface area contributed by atoms with Crippen molar-refractivity contribution >= 4 is 11.9 Å². The lowest BCUT2D eigenvalue weighted by Gasteiger charge is -2.07. The molecule has 1 aromatic heterocycles. The molecule has 1 heterocycles. The molecule has 0 saturated heterocycles. The number of nitrogens with zero attached hydrogens (tertiary/aromatic N) is 2. The normalized spacial score (nSPS) is 9.92. The van der Waals surface area contributed by atoms with Crippen LogP contribution in [-0.4, -0.2) is 42.8 Å². The first-order valence-corrected chi connectivity index (χ1v) is 8.59. The Morgan fingerprint density at radius 1 is 1.15 bits per heavy atom. The first-order chi connectivity index (χ1) is 12.7. The van der Waals surface area contributed by atoms with Crippen molar-refractivity contribution < 1.29 is 14.3 Å². The standard InChI is InChI=1S/C20H23N3O3/c1-3-4-13-26-19(24)18-15-17(11-10-16-8-6-5-7-9-16)22-20(23-18)21-12-14-25-2/h5-9,15H,3-4,12-14H2,1-2H3,(H,21,22,23). The number of aromatic nitrogens is 2. The van der Waals surface area contributed by atoms with Crippen LogP contribution in [0.5, 0.6) is 0 Å². The van der Waals surface area contributed by atoms with Crippen molar-refractivity contribution in [3.05, 3.63) is 53.3 Å². The van der Waals surface area contributed by atoms with E-state index in [2.05, 4.69) is 27.1 Å². The van der Waals surface area contributed by atoms with Crippen LogP contribution in [0.1, 0.15) is 41.5 Å². The zero-order valence-electron chi connectivity index (χ0n) is 15.1. The van der Waals surface area contributed by atoms with E-state index in [-0.39, 0.29) is 5.69 Å². The fourth-order valence-electron chi connectivity index (χ4n) is 2.00. The number of hydrogen-bond acceptors (Lipinski definition) is 6. The molecule has 0 bridgehead atoms. The number of methoxy groups -OCH3 is 1. The third-order valence-electron chi connectivity index (χ3n) is 3.36. The third-order valence-corrected chi connectivity index (χ3v) is 3.36. The Hall–Kier alpha value is -2.91. The first kappa shape index (κ1) is 19.4. The van der Waals surface area contributed by atoms with Gasteiger partial charge in [-0.05, 0) is 24.5 Å². The Kier molecular flexibility index (Phi) is 8.10.